The van der Waals surface area contributed by atoms with Gasteiger partial charge in [0.1, 0.15) is 0 Å². The molecule has 3 rings (SSSR count). The third-order valence-electron chi connectivity index (χ3n) is 4.63. The molecule has 1 fully saturated rings. The number of carbonyl (C=O) groups excluding carboxylic acids is 1. The van der Waals surface area contributed by atoms with E-state index < -0.39 is 11.6 Å². The highest BCUT2D eigenvalue weighted by molar-refractivity contribution is 8.00. The smallest absolute Gasteiger partial charge is 0.255 e. The molecule has 0 atom stereocenters. The van der Waals surface area contributed by atoms with Crippen molar-refractivity contribution in [1.82, 2.24) is 0 Å². The Bertz CT molecular complexity index is 806. The molecule has 2 nitrogen and oxygen atoms in total. The van der Waals surface area contributed by atoms with Crippen molar-refractivity contribution in [2.75, 3.05) is 5.32 Å². The first-order valence-corrected chi connectivity index (χ1v) is 9.90. The minimum atomic E-state index is -0.998. The summed E-state index contributed by atoms with van der Waals surface area (Å²) < 4.78 is 26.3. The molecule has 1 amide bonds. The van der Waals surface area contributed by atoms with E-state index in [1.54, 1.807) is 30.0 Å². The Balaban J connectivity index is 1.71. The molecule has 0 radical (unpaired) electrons. The Morgan fingerprint density at radius 1 is 1.08 bits per heavy atom. The number of nitrogens with one attached hydrogen (secondary N) is 1. The van der Waals surface area contributed by atoms with E-state index >= 15 is 0 Å². The predicted octanol–water partition coefficient (Wildman–Crippen LogP) is 6.54. The van der Waals surface area contributed by atoms with Crippen LogP contribution in [0.2, 0.25) is 5.02 Å². The molecular formula is C20H20ClF2NOS. The summed E-state index contributed by atoms with van der Waals surface area (Å²) in [5, 5.41) is 3.72. The van der Waals surface area contributed by atoms with Gasteiger partial charge in [-0.1, -0.05) is 18.5 Å². The fraction of sp³-hybridized carbons (Fsp3) is 0.350. The van der Waals surface area contributed by atoms with Crippen LogP contribution in [0.1, 0.15) is 43.0 Å². The average Bonchev–Trinajstić information content (AvgIpc) is 2.62. The summed E-state index contributed by atoms with van der Waals surface area (Å²) in [4.78, 5) is 13.3. The average molecular weight is 396 g/mol. The molecule has 0 saturated heterocycles. The summed E-state index contributed by atoms with van der Waals surface area (Å²) >= 11 is 8.02. The fourth-order valence-electron chi connectivity index (χ4n) is 3.04. The van der Waals surface area contributed by atoms with Gasteiger partial charge in [0.2, 0.25) is 0 Å². The first-order valence-electron chi connectivity index (χ1n) is 8.65. The van der Waals surface area contributed by atoms with Gasteiger partial charge in [-0.2, -0.15) is 0 Å². The minimum Gasteiger partial charge on any atom is -0.322 e. The zero-order chi connectivity index (χ0) is 18.7. The van der Waals surface area contributed by atoms with E-state index in [1.807, 2.05) is 0 Å². The van der Waals surface area contributed by atoms with Crippen LogP contribution in [0.5, 0.6) is 0 Å². The van der Waals surface area contributed by atoms with E-state index in [-0.39, 0.29) is 11.6 Å². The van der Waals surface area contributed by atoms with Gasteiger partial charge in [0.15, 0.2) is 11.6 Å². The summed E-state index contributed by atoms with van der Waals surface area (Å²) in [6, 6.07) is 8.37. The number of hydrogen-bond acceptors (Lipinski definition) is 2. The number of anilines is 1. The van der Waals surface area contributed by atoms with Crippen molar-refractivity contribution < 1.29 is 13.6 Å². The molecule has 1 saturated carbocycles. The summed E-state index contributed by atoms with van der Waals surface area (Å²) in [6.45, 7) is 2.27. The normalized spacial score (nSPS) is 20.0. The third-order valence-corrected chi connectivity index (χ3v) is 6.47. The van der Waals surface area contributed by atoms with Crippen molar-refractivity contribution in [2.24, 2.45) is 5.92 Å². The van der Waals surface area contributed by atoms with Gasteiger partial charge in [0.05, 0.1) is 5.02 Å². The van der Waals surface area contributed by atoms with Crippen LogP contribution in [0.3, 0.4) is 0 Å². The standard InChI is InChI=1S/C20H20ClF2NOS/c1-12-2-6-15(7-3-12)26-19-10-13(4-8-16(19)21)20(25)24-14-5-9-17(22)18(23)11-14/h4-5,8-12,15H,2-3,6-7H2,1H3,(H,24,25). The maximum absolute atomic E-state index is 13.3. The molecule has 138 valence electrons. The Morgan fingerprint density at radius 3 is 2.50 bits per heavy atom. The molecule has 0 unspecified atom stereocenters. The Labute approximate surface area is 161 Å². The lowest BCUT2D eigenvalue weighted by Crippen LogP contribution is -2.14. The van der Waals surface area contributed by atoms with E-state index in [4.69, 9.17) is 11.6 Å². The van der Waals surface area contributed by atoms with Gasteiger partial charge < -0.3 is 5.32 Å². The molecule has 0 aliphatic heterocycles. The van der Waals surface area contributed by atoms with E-state index in [0.717, 1.165) is 35.8 Å². The molecule has 6 heteroatoms. The highest BCUT2D eigenvalue weighted by atomic mass is 35.5. The second-order valence-electron chi connectivity index (χ2n) is 6.73. The maximum atomic E-state index is 13.3. The zero-order valence-electron chi connectivity index (χ0n) is 14.4. The number of amides is 1. The monoisotopic (exact) mass is 395 g/mol. The molecule has 2 aromatic carbocycles. The van der Waals surface area contributed by atoms with Crippen molar-refractivity contribution in [2.45, 2.75) is 42.8 Å². The molecular weight excluding hydrogens is 376 g/mol. The molecule has 0 heterocycles. The minimum absolute atomic E-state index is 0.208. The van der Waals surface area contributed by atoms with Crippen LogP contribution in [0, 0.1) is 17.6 Å². The second-order valence-corrected chi connectivity index (χ2v) is 8.48. The third kappa shape index (κ3) is 4.77. The van der Waals surface area contributed by atoms with Gasteiger partial charge in [-0.15, -0.1) is 11.8 Å². The Morgan fingerprint density at radius 2 is 1.81 bits per heavy atom. The predicted molar refractivity (Wildman–Crippen MR) is 103 cm³/mol. The Hall–Kier alpha value is -1.59. The topological polar surface area (TPSA) is 29.1 Å². The SMILES string of the molecule is CC1CCC(Sc2cc(C(=O)Nc3ccc(F)c(F)c3)ccc2Cl)CC1. The first-order chi connectivity index (χ1) is 12.4. The fourth-order valence-corrected chi connectivity index (χ4v) is 4.53. The van der Waals surface area contributed by atoms with Crippen molar-refractivity contribution >= 4 is 35.0 Å². The van der Waals surface area contributed by atoms with E-state index in [2.05, 4.69) is 12.2 Å². The lowest BCUT2D eigenvalue weighted by molar-refractivity contribution is 0.102. The number of thioether (sulfide) groups is 1. The molecule has 0 spiro atoms. The lowest BCUT2D eigenvalue weighted by Gasteiger charge is -2.26. The van der Waals surface area contributed by atoms with E-state index in [1.165, 1.54) is 18.9 Å². The van der Waals surface area contributed by atoms with Crippen molar-refractivity contribution in [3.05, 3.63) is 58.6 Å². The van der Waals surface area contributed by atoms with Gasteiger partial charge in [-0.3, -0.25) is 4.79 Å². The quantitative estimate of drug-likeness (QED) is 0.636. The lowest BCUT2D eigenvalue weighted by atomic mass is 9.91. The Kier molecular flexibility index (Phi) is 6.20. The van der Waals surface area contributed by atoms with Crippen LogP contribution in [-0.4, -0.2) is 11.2 Å². The molecule has 1 N–H and O–H groups in total. The van der Waals surface area contributed by atoms with Crippen LogP contribution in [0.15, 0.2) is 41.3 Å². The first kappa shape index (κ1) is 19.2. The number of halogens is 3. The van der Waals surface area contributed by atoms with Crippen LogP contribution in [0.25, 0.3) is 0 Å². The number of rotatable bonds is 4. The highest BCUT2D eigenvalue weighted by Crippen LogP contribution is 2.39. The van der Waals surface area contributed by atoms with Gasteiger partial charge in [-0.25, -0.2) is 8.78 Å². The molecule has 0 aromatic heterocycles. The molecule has 26 heavy (non-hydrogen) atoms. The van der Waals surface area contributed by atoms with Gasteiger partial charge in [0, 0.05) is 27.5 Å². The van der Waals surface area contributed by atoms with Gasteiger partial charge >= 0.3 is 0 Å². The number of hydrogen-bond donors (Lipinski definition) is 1. The number of carbonyl (C=O) groups is 1. The largest absolute Gasteiger partial charge is 0.322 e. The van der Waals surface area contributed by atoms with Crippen LogP contribution in [-0.2, 0) is 0 Å². The van der Waals surface area contributed by atoms with Crippen LogP contribution in [0.4, 0.5) is 14.5 Å². The highest BCUT2D eigenvalue weighted by Gasteiger charge is 2.20. The van der Waals surface area contributed by atoms with Crippen LogP contribution < -0.4 is 5.32 Å². The molecule has 0 bridgehead atoms. The van der Waals surface area contributed by atoms with Crippen molar-refractivity contribution in [1.29, 1.82) is 0 Å². The maximum Gasteiger partial charge on any atom is 0.255 e. The van der Waals surface area contributed by atoms with Crippen molar-refractivity contribution in [3.63, 3.8) is 0 Å². The van der Waals surface area contributed by atoms with Crippen LogP contribution >= 0.6 is 23.4 Å². The summed E-state index contributed by atoms with van der Waals surface area (Å²) in [5.74, 6) is -1.56. The zero-order valence-corrected chi connectivity index (χ0v) is 16.0. The second kappa shape index (κ2) is 8.40. The van der Waals surface area contributed by atoms with Crippen molar-refractivity contribution in [3.8, 4) is 0 Å². The van der Waals surface area contributed by atoms with E-state index in [0.29, 0.717) is 15.8 Å². The molecule has 1 aliphatic carbocycles. The molecule has 1 aliphatic rings. The van der Waals surface area contributed by atoms with Gasteiger partial charge in [-0.05, 0) is 61.9 Å². The summed E-state index contributed by atoms with van der Waals surface area (Å²) in [6.07, 6.45) is 4.72. The van der Waals surface area contributed by atoms with E-state index in [9.17, 15) is 13.6 Å². The summed E-state index contributed by atoms with van der Waals surface area (Å²) in [7, 11) is 0. The van der Waals surface area contributed by atoms with Gasteiger partial charge in [0.25, 0.3) is 5.91 Å². The summed E-state index contributed by atoms with van der Waals surface area (Å²) in [5.41, 5.74) is 0.644. The molecule has 2 aromatic rings. The number of benzene rings is 2.